The van der Waals surface area contributed by atoms with E-state index in [1.54, 1.807) is 0 Å². The second-order valence-corrected chi connectivity index (χ2v) is 6.65. The van der Waals surface area contributed by atoms with Crippen LogP contribution in [0.5, 0.6) is 0 Å². The third-order valence-corrected chi connectivity index (χ3v) is 4.72. The molecule has 6 heteroatoms. The number of rotatable bonds is 6. The average Bonchev–Trinajstić information content (AvgIpc) is 2.87. The maximum atomic E-state index is 12.0. The Bertz CT molecular complexity index is 429. The maximum absolute atomic E-state index is 12.0. The quantitative estimate of drug-likeness (QED) is 0.846. The summed E-state index contributed by atoms with van der Waals surface area (Å²) in [5.74, 6) is 1.08. The van der Waals surface area contributed by atoms with Crippen LogP contribution in [0, 0.1) is 11.8 Å². The number of aryl methyl sites for hydroxylation is 1. The van der Waals surface area contributed by atoms with Gasteiger partial charge in [0, 0.05) is 12.8 Å². The van der Waals surface area contributed by atoms with Crippen molar-refractivity contribution in [1.82, 2.24) is 15.5 Å². The molecular weight excluding hydrogens is 272 g/mol. The summed E-state index contributed by atoms with van der Waals surface area (Å²) in [7, 11) is 0. The zero-order chi connectivity index (χ0) is 14.4. The summed E-state index contributed by atoms with van der Waals surface area (Å²) in [5, 5.41) is 16.0. The molecule has 1 aliphatic heterocycles. The van der Waals surface area contributed by atoms with E-state index in [1.165, 1.54) is 24.2 Å². The van der Waals surface area contributed by atoms with Gasteiger partial charge in [-0.3, -0.25) is 4.79 Å². The van der Waals surface area contributed by atoms with Gasteiger partial charge in [0.1, 0.15) is 5.01 Å². The second-order valence-electron chi connectivity index (χ2n) is 5.59. The number of hydrogen-bond acceptors (Lipinski definition) is 5. The van der Waals surface area contributed by atoms with E-state index < -0.39 is 0 Å². The molecule has 1 fully saturated rings. The predicted molar refractivity (Wildman–Crippen MR) is 81.9 cm³/mol. The summed E-state index contributed by atoms with van der Waals surface area (Å²) < 4.78 is 0. The van der Waals surface area contributed by atoms with Crippen LogP contribution in [0.25, 0.3) is 0 Å². The van der Waals surface area contributed by atoms with Crippen molar-refractivity contribution in [2.45, 2.75) is 46.0 Å². The molecule has 2 rings (SSSR count). The Kier molecular flexibility index (Phi) is 5.91. The topological polar surface area (TPSA) is 66.9 Å². The molecule has 2 N–H and O–H groups in total. The fourth-order valence-electron chi connectivity index (χ4n) is 2.61. The van der Waals surface area contributed by atoms with Gasteiger partial charge in [0.25, 0.3) is 0 Å². The van der Waals surface area contributed by atoms with Crippen molar-refractivity contribution in [2.24, 2.45) is 11.8 Å². The highest BCUT2D eigenvalue weighted by Gasteiger charge is 2.22. The van der Waals surface area contributed by atoms with Crippen molar-refractivity contribution in [3.63, 3.8) is 0 Å². The van der Waals surface area contributed by atoms with Crippen molar-refractivity contribution in [2.75, 3.05) is 18.4 Å². The lowest BCUT2D eigenvalue weighted by Gasteiger charge is -2.27. The van der Waals surface area contributed by atoms with Crippen LogP contribution in [0.2, 0.25) is 0 Å². The van der Waals surface area contributed by atoms with Crippen molar-refractivity contribution < 1.29 is 4.79 Å². The Morgan fingerprint density at radius 2 is 2.40 bits per heavy atom. The van der Waals surface area contributed by atoms with Crippen molar-refractivity contribution in [3.05, 3.63) is 5.01 Å². The molecule has 2 unspecified atom stereocenters. The Balaban J connectivity index is 1.78. The third kappa shape index (κ3) is 4.52. The SMILES string of the molecule is CCCc1nnc(NC(=O)CC(C)C2CCCNC2)s1. The third-order valence-electron chi connectivity index (χ3n) is 3.82. The van der Waals surface area contributed by atoms with E-state index in [-0.39, 0.29) is 5.91 Å². The molecule has 2 atom stereocenters. The fraction of sp³-hybridized carbons (Fsp3) is 0.786. The van der Waals surface area contributed by atoms with Gasteiger partial charge in [-0.15, -0.1) is 10.2 Å². The summed E-state index contributed by atoms with van der Waals surface area (Å²) in [6.45, 7) is 6.42. The standard InChI is InChI=1S/C14H24N4OS/c1-3-5-13-17-18-14(20-13)16-12(19)8-10(2)11-6-4-7-15-9-11/h10-11,15H,3-9H2,1-2H3,(H,16,18,19). The zero-order valence-corrected chi connectivity index (χ0v) is 13.1. The number of carbonyl (C=O) groups excluding carboxylic acids is 1. The van der Waals surface area contributed by atoms with Crippen LogP contribution in [0.15, 0.2) is 0 Å². The van der Waals surface area contributed by atoms with Gasteiger partial charge in [0.05, 0.1) is 0 Å². The summed E-state index contributed by atoms with van der Waals surface area (Å²) in [4.78, 5) is 12.0. The monoisotopic (exact) mass is 296 g/mol. The molecule has 1 aromatic rings. The molecule has 112 valence electrons. The molecule has 0 saturated carbocycles. The molecule has 1 aliphatic rings. The fourth-order valence-corrected chi connectivity index (χ4v) is 3.47. The molecule has 0 aliphatic carbocycles. The molecule has 5 nitrogen and oxygen atoms in total. The molecule has 1 aromatic heterocycles. The van der Waals surface area contributed by atoms with Gasteiger partial charge in [-0.1, -0.05) is 25.2 Å². The Hall–Kier alpha value is -1.01. The van der Waals surface area contributed by atoms with Gasteiger partial charge < -0.3 is 10.6 Å². The normalized spacial score (nSPS) is 20.6. The summed E-state index contributed by atoms with van der Waals surface area (Å²) in [6, 6.07) is 0. The van der Waals surface area contributed by atoms with Gasteiger partial charge in [0.2, 0.25) is 11.0 Å². The summed E-state index contributed by atoms with van der Waals surface area (Å²) in [6.07, 6.45) is 4.98. The zero-order valence-electron chi connectivity index (χ0n) is 12.3. The minimum atomic E-state index is 0.0577. The van der Waals surface area contributed by atoms with Crippen molar-refractivity contribution in [3.8, 4) is 0 Å². The van der Waals surface area contributed by atoms with E-state index >= 15 is 0 Å². The molecule has 0 aromatic carbocycles. The van der Waals surface area contributed by atoms with Crippen LogP contribution >= 0.6 is 11.3 Å². The van der Waals surface area contributed by atoms with Gasteiger partial charge in [0.15, 0.2) is 0 Å². The summed E-state index contributed by atoms with van der Waals surface area (Å²) >= 11 is 1.48. The highest BCUT2D eigenvalue weighted by atomic mass is 32.1. The number of carbonyl (C=O) groups is 1. The van der Waals surface area contributed by atoms with E-state index in [9.17, 15) is 4.79 Å². The Labute approximate surface area is 124 Å². The van der Waals surface area contributed by atoms with E-state index in [0.717, 1.165) is 30.9 Å². The summed E-state index contributed by atoms with van der Waals surface area (Å²) in [5.41, 5.74) is 0. The largest absolute Gasteiger partial charge is 0.316 e. The minimum Gasteiger partial charge on any atom is -0.316 e. The number of nitrogens with zero attached hydrogens (tertiary/aromatic N) is 2. The maximum Gasteiger partial charge on any atom is 0.226 e. The van der Waals surface area contributed by atoms with Crippen LogP contribution in [0.1, 0.15) is 44.5 Å². The number of hydrogen-bond donors (Lipinski definition) is 2. The van der Waals surface area contributed by atoms with E-state index in [4.69, 9.17) is 0 Å². The number of piperidine rings is 1. The minimum absolute atomic E-state index is 0.0577. The van der Waals surface area contributed by atoms with Crippen molar-refractivity contribution >= 4 is 22.4 Å². The van der Waals surface area contributed by atoms with Gasteiger partial charge in [-0.25, -0.2) is 0 Å². The van der Waals surface area contributed by atoms with Gasteiger partial charge in [-0.05, 0) is 44.2 Å². The van der Waals surface area contributed by atoms with Crippen LogP contribution in [-0.4, -0.2) is 29.2 Å². The lowest BCUT2D eigenvalue weighted by Crippen LogP contribution is -2.34. The highest BCUT2D eigenvalue weighted by molar-refractivity contribution is 7.15. The first kappa shape index (κ1) is 15.4. The number of anilines is 1. The van der Waals surface area contributed by atoms with E-state index in [1.807, 2.05) is 0 Å². The first-order valence-corrected chi connectivity index (χ1v) is 8.33. The molecular formula is C14H24N4OS. The smallest absolute Gasteiger partial charge is 0.226 e. The Morgan fingerprint density at radius 1 is 1.55 bits per heavy atom. The lowest BCUT2D eigenvalue weighted by atomic mass is 9.85. The van der Waals surface area contributed by atoms with Crippen LogP contribution in [-0.2, 0) is 11.2 Å². The lowest BCUT2D eigenvalue weighted by molar-refractivity contribution is -0.117. The highest BCUT2D eigenvalue weighted by Crippen LogP contribution is 2.23. The predicted octanol–water partition coefficient (Wildman–Crippen LogP) is 2.45. The Morgan fingerprint density at radius 3 is 3.10 bits per heavy atom. The first-order valence-electron chi connectivity index (χ1n) is 7.52. The van der Waals surface area contributed by atoms with E-state index in [0.29, 0.717) is 23.4 Å². The van der Waals surface area contributed by atoms with E-state index in [2.05, 4.69) is 34.7 Å². The second kappa shape index (κ2) is 7.69. The van der Waals surface area contributed by atoms with Crippen molar-refractivity contribution in [1.29, 1.82) is 0 Å². The first-order chi connectivity index (χ1) is 9.69. The number of aromatic nitrogens is 2. The molecule has 0 radical (unpaired) electrons. The van der Waals surface area contributed by atoms with Gasteiger partial charge in [-0.2, -0.15) is 0 Å². The number of amides is 1. The molecule has 2 heterocycles. The van der Waals surface area contributed by atoms with Crippen LogP contribution in [0.3, 0.4) is 0 Å². The molecule has 20 heavy (non-hydrogen) atoms. The van der Waals surface area contributed by atoms with Gasteiger partial charge >= 0.3 is 0 Å². The molecule has 1 saturated heterocycles. The molecule has 0 bridgehead atoms. The number of nitrogens with one attached hydrogen (secondary N) is 2. The van der Waals surface area contributed by atoms with Crippen LogP contribution < -0.4 is 10.6 Å². The molecule has 0 spiro atoms. The average molecular weight is 296 g/mol. The molecule has 1 amide bonds. The van der Waals surface area contributed by atoms with Crippen LogP contribution in [0.4, 0.5) is 5.13 Å².